The van der Waals surface area contributed by atoms with E-state index in [1.807, 2.05) is 0 Å². The number of hydrogen-bond donors (Lipinski definition) is 1. The molecule has 0 saturated heterocycles. The van der Waals surface area contributed by atoms with E-state index in [-0.39, 0.29) is 0 Å². The van der Waals surface area contributed by atoms with Gasteiger partial charge in [0.2, 0.25) is 0 Å². The quantitative estimate of drug-likeness (QED) is 0.622. The molecule has 0 aliphatic carbocycles. The third-order valence-electron chi connectivity index (χ3n) is 2.94. The first kappa shape index (κ1) is 15.9. The predicted molar refractivity (Wildman–Crippen MR) is 71.0 cm³/mol. The highest BCUT2D eigenvalue weighted by atomic mass is 16.5. The molecule has 16 heavy (non-hydrogen) atoms. The van der Waals surface area contributed by atoms with Crippen LogP contribution in [0, 0.1) is 0 Å². The lowest BCUT2D eigenvalue weighted by molar-refractivity contribution is 0.0908. The minimum atomic E-state index is 0.588. The van der Waals surface area contributed by atoms with Gasteiger partial charge < -0.3 is 10.1 Å². The fraction of sp³-hybridized carbons (Fsp3) is 1.00. The van der Waals surface area contributed by atoms with Crippen molar-refractivity contribution >= 4 is 0 Å². The molecule has 1 unspecified atom stereocenters. The van der Waals surface area contributed by atoms with Crippen molar-refractivity contribution in [3.63, 3.8) is 0 Å². The summed E-state index contributed by atoms with van der Waals surface area (Å²) in [6.07, 6.45) is 2.50. The van der Waals surface area contributed by atoms with Crippen LogP contribution < -0.4 is 5.32 Å². The molecule has 0 aromatic carbocycles. The van der Waals surface area contributed by atoms with Crippen LogP contribution in [0.4, 0.5) is 0 Å². The number of methoxy groups -OCH3 is 1. The minimum absolute atomic E-state index is 0.588. The number of hydrogen-bond acceptors (Lipinski definition) is 3. The Bertz CT molecular complexity index is 151. The van der Waals surface area contributed by atoms with Crippen molar-refractivity contribution in [1.29, 1.82) is 0 Å². The molecular weight excluding hydrogens is 200 g/mol. The maximum Gasteiger partial charge on any atom is 0.0589 e. The van der Waals surface area contributed by atoms with Crippen molar-refractivity contribution in [3.8, 4) is 0 Å². The van der Waals surface area contributed by atoms with Gasteiger partial charge in [-0.05, 0) is 26.8 Å². The molecule has 0 bridgehead atoms. The van der Waals surface area contributed by atoms with E-state index in [9.17, 15) is 0 Å². The molecule has 98 valence electrons. The molecule has 0 aromatic rings. The zero-order valence-electron chi connectivity index (χ0n) is 11.8. The monoisotopic (exact) mass is 230 g/mol. The van der Waals surface area contributed by atoms with Gasteiger partial charge in [-0.2, -0.15) is 0 Å². The Hall–Kier alpha value is -0.120. The molecule has 0 spiro atoms. The fourth-order valence-electron chi connectivity index (χ4n) is 2.09. The molecule has 0 heterocycles. The molecule has 0 rings (SSSR count). The Morgan fingerprint density at radius 2 is 1.94 bits per heavy atom. The molecule has 0 fully saturated rings. The molecule has 3 nitrogen and oxygen atoms in total. The van der Waals surface area contributed by atoms with Gasteiger partial charge in [-0.3, -0.25) is 4.90 Å². The van der Waals surface area contributed by atoms with Crippen LogP contribution in [0.2, 0.25) is 0 Å². The number of nitrogens with one attached hydrogen (secondary N) is 1. The summed E-state index contributed by atoms with van der Waals surface area (Å²) in [5.41, 5.74) is 0. The first-order valence-corrected chi connectivity index (χ1v) is 6.62. The molecule has 1 atom stereocenters. The van der Waals surface area contributed by atoms with Gasteiger partial charge in [0.05, 0.1) is 6.61 Å². The van der Waals surface area contributed by atoms with Crippen LogP contribution in [0.15, 0.2) is 0 Å². The first-order valence-electron chi connectivity index (χ1n) is 6.62. The van der Waals surface area contributed by atoms with Gasteiger partial charge in [0.15, 0.2) is 0 Å². The second kappa shape index (κ2) is 10.1. The van der Waals surface area contributed by atoms with Gasteiger partial charge in [-0.25, -0.2) is 0 Å². The second-order valence-corrected chi connectivity index (χ2v) is 4.57. The summed E-state index contributed by atoms with van der Waals surface area (Å²) in [5.74, 6) is 0. The Morgan fingerprint density at radius 1 is 1.25 bits per heavy atom. The van der Waals surface area contributed by atoms with Gasteiger partial charge >= 0.3 is 0 Å². The molecule has 0 aliphatic rings. The second-order valence-electron chi connectivity index (χ2n) is 4.57. The summed E-state index contributed by atoms with van der Waals surface area (Å²) in [6.45, 7) is 13.0. The van der Waals surface area contributed by atoms with E-state index in [0.717, 1.165) is 26.2 Å². The molecule has 1 N–H and O–H groups in total. The third-order valence-corrected chi connectivity index (χ3v) is 2.94. The Labute approximate surface area is 102 Å². The smallest absolute Gasteiger partial charge is 0.0589 e. The molecule has 3 heteroatoms. The van der Waals surface area contributed by atoms with E-state index in [4.69, 9.17) is 4.74 Å². The number of nitrogens with zero attached hydrogens (tertiary/aromatic N) is 1. The van der Waals surface area contributed by atoms with E-state index in [1.54, 1.807) is 7.11 Å². The van der Waals surface area contributed by atoms with E-state index in [0.29, 0.717) is 12.1 Å². The third kappa shape index (κ3) is 6.46. The lowest BCUT2D eigenvalue weighted by atomic mass is 10.1. The SMILES string of the molecule is CCCC(CNCC)N(CCOC)C(C)C. The van der Waals surface area contributed by atoms with Crippen LogP contribution in [-0.2, 0) is 4.74 Å². The van der Waals surface area contributed by atoms with Gasteiger partial charge in [0.25, 0.3) is 0 Å². The van der Waals surface area contributed by atoms with Gasteiger partial charge in [0, 0.05) is 32.3 Å². The molecule has 0 radical (unpaired) electrons. The molecule has 0 aliphatic heterocycles. The average Bonchev–Trinajstić information content (AvgIpc) is 2.25. The lowest BCUT2D eigenvalue weighted by Gasteiger charge is -2.35. The highest BCUT2D eigenvalue weighted by molar-refractivity contribution is 4.76. The summed E-state index contributed by atoms with van der Waals surface area (Å²) < 4.78 is 5.19. The Morgan fingerprint density at radius 3 is 2.38 bits per heavy atom. The maximum atomic E-state index is 5.19. The van der Waals surface area contributed by atoms with Crippen molar-refractivity contribution in [3.05, 3.63) is 0 Å². The van der Waals surface area contributed by atoms with Crippen LogP contribution in [-0.4, -0.2) is 50.3 Å². The topological polar surface area (TPSA) is 24.5 Å². The van der Waals surface area contributed by atoms with Crippen molar-refractivity contribution in [2.45, 2.75) is 52.6 Å². The van der Waals surface area contributed by atoms with E-state index < -0.39 is 0 Å². The molecule has 0 saturated carbocycles. The van der Waals surface area contributed by atoms with E-state index in [1.165, 1.54) is 12.8 Å². The Kier molecular flexibility index (Phi) is 9.99. The summed E-state index contributed by atoms with van der Waals surface area (Å²) in [7, 11) is 1.78. The largest absolute Gasteiger partial charge is 0.383 e. The lowest BCUT2D eigenvalue weighted by Crippen LogP contribution is -2.47. The fourth-order valence-corrected chi connectivity index (χ4v) is 2.09. The van der Waals surface area contributed by atoms with Gasteiger partial charge in [0.1, 0.15) is 0 Å². The normalized spacial score (nSPS) is 13.7. The Balaban J connectivity index is 4.26. The van der Waals surface area contributed by atoms with E-state index >= 15 is 0 Å². The molecular formula is C13H30N2O. The first-order chi connectivity index (χ1) is 7.67. The van der Waals surface area contributed by atoms with Crippen LogP contribution in [0.5, 0.6) is 0 Å². The van der Waals surface area contributed by atoms with Crippen LogP contribution in [0.3, 0.4) is 0 Å². The zero-order valence-corrected chi connectivity index (χ0v) is 11.8. The van der Waals surface area contributed by atoms with Crippen LogP contribution >= 0.6 is 0 Å². The summed E-state index contributed by atoms with van der Waals surface area (Å²) in [6, 6.07) is 1.23. The summed E-state index contributed by atoms with van der Waals surface area (Å²) in [4.78, 5) is 2.55. The highest BCUT2D eigenvalue weighted by Gasteiger charge is 2.19. The minimum Gasteiger partial charge on any atom is -0.383 e. The van der Waals surface area contributed by atoms with Crippen molar-refractivity contribution in [2.24, 2.45) is 0 Å². The van der Waals surface area contributed by atoms with Crippen molar-refractivity contribution in [1.82, 2.24) is 10.2 Å². The number of rotatable bonds is 10. The van der Waals surface area contributed by atoms with Gasteiger partial charge in [-0.15, -0.1) is 0 Å². The number of likely N-dealkylation sites (N-methyl/N-ethyl adjacent to an activating group) is 1. The van der Waals surface area contributed by atoms with Gasteiger partial charge in [-0.1, -0.05) is 20.3 Å². The highest BCUT2D eigenvalue weighted by Crippen LogP contribution is 2.10. The molecule has 0 aromatic heterocycles. The van der Waals surface area contributed by atoms with Crippen LogP contribution in [0.25, 0.3) is 0 Å². The van der Waals surface area contributed by atoms with Crippen molar-refractivity contribution < 1.29 is 4.74 Å². The summed E-state index contributed by atoms with van der Waals surface area (Å²) >= 11 is 0. The summed E-state index contributed by atoms with van der Waals surface area (Å²) in [5, 5.41) is 3.46. The predicted octanol–water partition coefficient (Wildman–Crippen LogP) is 2.12. The van der Waals surface area contributed by atoms with E-state index in [2.05, 4.69) is 37.9 Å². The van der Waals surface area contributed by atoms with Crippen molar-refractivity contribution in [2.75, 3.05) is 33.4 Å². The maximum absolute atomic E-state index is 5.19. The number of ether oxygens (including phenoxy) is 1. The molecule has 0 amide bonds. The standard InChI is InChI=1S/C13H30N2O/c1-6-8-13(11-14-7-2)15(12(3)4)9-10-16-5/h12-14H,6-11H2,1-5H3. The average molecular weight is 230 g/mol. The van der Waals surface area contributed by atoms with Crippen LogP contribution in [0.1, 0.15) is 40.5 Å². The zero-order chi connectivity index (χ0) is 12.4.